The second-order valence-electron chi connectivity index (χ2n) is 5.13. The smallest absolute Gasteiger partial charge is 0.225 e. The lowest BCUT2D eigenvalue weighted by molar-refractivity contribution is -0.115. The van der Waals surface area contributed by atoms with Crippen molar-refractivity contribution in [3.05, 3.63) is 63.4 Å². The monoisotopic (exact) mass is 452 g/mol. The number of anilines is 1. The molecule has 0 aliphatic carbocycles. The van der Waals surface area contributed by atoms with E-state index < -0.39 is 0 Å². The van der Waals surface area contributed by atoms with Gasteiger partial charge in [-0.2, -0.15) is 0 Å². The highest BCUT2D eigenvalue weighted by Crippen LogP contribution is 2.29. The van der Waals surface area contributed by atoms with Gasteiger partial charge in [0.15, 0.2) is 4.34 Å². The van der Waals surface area contributed by atoms with Crippen LogP contribution >= 0.6 is 50.6 Å². The summed E-state index contributed by atoms with van der Waals surface area (Å²) in [5, 5.41) is 5.41. The number of aromatic nitrogens is 1. The molecule has 1 heterocycles. The number of carbonyl (C=O) groups excluding carboxylic acids is 1. The van der Waals surface area contributed by atoms with Crippen LogP contribution in [0.2, 0.25) is 5.02 Å². The topological polar surface area (TPSA) is 42.0 Å². The molecule has 0 bridgehead atoms. The molecule has 25 heavy (non-hydrogen) atoms. The molecular formula is C18H14BrClN2OS2. The molecule has 3 rings (SSSR count). The Morgan fingerprint density at radius 3 is 2.72 bits per heavy atom. The van der Waals surface area contributed by atoms with E-state index in [1.165, 1.54) is 0 Å². The van der Waals surface area contributed by atoms with Crippen molar-refractivity contribution in [1.29, 1.82) is 0 Å². The molecule has 0 unspecified atom stereocenters. The van der Waals surface area contributed by atoms with E-state index in [1.807, 2.05) is 41.8 Å². The van der Waals surface area contributed by atoms with Crippen LogP contribution in [0.5, 0.6) is 0 Å². The molecule has 0 aliphatic rings. The van der Waals surface area contributed by atoms with Gasteiger partial charge in [-0.25, -0.2) is 4.98 Å². The summed E-state index contributed by atoms with van der Waals surface area (Å²) in [6.07, 6.45) is 0.406. The lowest BCUT2D eigenvalue weighted by atomic mass is 10.2. The normalized spacial score (nSPS) is 10.6. The third kappa shape index (κ3) is 5.31. The number of hydrogen-bond acceptors (Lipinski definition) is 4. The van der Waals surface area contributed by atoms with Gasteiger partial charge in [0.1, 0.15) is 0 Å². The first-order valence-corrected chi connectivity index (χ1v) is 10.5. The predicted octanol–water partition coefficient (Wildman–Crippen LogP) is 6.35. The number of benzene rings is 2. The van der Waals surface area contributed by atoms with Gasteiger partial charge < -0.3 is 5.32 Å². The summed E-state index contributed by atoms with van der Waals surface area (Å²) in [5.41, 5.74) is 2.69. The Balaban J connectivity index is 1.50. The van der Waals surface area contributed by atoms with Gasteiger partial charge in [0, 0.05) is 27.6 Å². The van der Waals surface area contributed by atoms with Gasteiger partial charge in [0.2, 0.25) is 5.91 Å². The van der Waals surface area contributed by atoms with E-state index in [9.17, 15) is 4.79 Å². The SMILES string of the molecule is O=C(CCSc1nc(-c2ccc(Br)cc2)cs1)Nc1ccccc1Cl. The highest BCUT2D eigenvalue weighted by molar-refractivity contribution is 9.10. The summed E-state index contributed by atoms with van der Waals surface area (Å²) < 4.78 is 2.01. The predicted molar refractivity (Wildman–Crippen MR) is 111 cm³/mol. The number of thiazole rings is 1. The van der Waals surface area contributed by atoms with Crippen molar-refractivity contribution in [2.45, 2.75) is 10.8 Å². The molecule has 0 saturated heterocycles. The van der Waals surface area contributed by atoms with E-state index in [0.717, 1.165) is 20.1 Å². The van der Waals surface area contributed by atoms with Crippen LogP contribution in [0.1, 0.15) is 6.42 Å². The van der Waals surface area contributed by atoms with E-state index >= 15 is 0 Å². The second-order valence-corrected chi connectivity index (χ2v) is 8.66. The lowest BCUT2D eigenvalue weighted by Gasteiger charge is -2.06. The number of nitrogens with one attached hydrogen (secondary N) is 1. The van der Waals surface area contributed by atoms with E-state index in [2.05, 4.69) is 26.2 Å². The van der Waals surface area contributed by atoms with Crippen LogP contribution < -0.4 is 5.32 Å². The first-order valence-electron chi connectivity index (χ1n) is 7.50. The quantitative estimate of drug-likeness (QED) is 0.442. The Kier molecular flexibility index (Phi) is 6.53. The maximum Gasteiger partial charge on any atom is 0.225 e. The number of thioether (sulfide) groups is 1. The van der Waals surface area contributed by atoms with E-state index in [-0.39, 0.29) is 5.91 Å². The van der Waals surface area contributed by atoms with Crippen LogP contribution in [-0.4, -0.2) is 16.6 Å². The second kappa shape index (κ2) is 8.85. The van der Waals surface area contributed by atoms with Crippen LogP contribution in [0.4, 0.5) is 5.69 Å². The average molecular weight is 454 g/mol. The maximum absolute atomic E-state index is 12.0. The van der Waals surface area contributed by atoms with Gasteiger partial charge in [-0.3, -0.25) is 4.79 Å². The molecule has 1 N–H and O–H groups in total. The number of hydrogen-bond donors (Lipinski definition) is 1. The van der Waals surface area contributed by atoms with Crippen molar-refractivity contribution in [2.24, 2.45) is 0 Å². The fourth-order valence-corrected chi connectivity index (χ4v) is 4.37. The van der Waals surface area contributed by atoms with Crippen molar-refractivity contribution < 1.29 is 4.79 Å². The number of amides is 1. The summed E-state index contributed by atoms with van der Waals surface area (Å²) >= 11 is 12.6. The molecular weight excluding hydrogens is 440 g/mol. The zero-order chi connectivity index (χ0) is 17.6. The summed E-state index contributed by atoms with van der Waals surface area (Å²) in [6, 6.07) is 15.3. The first kappa shape index (κ1) is 18.5. The molecule has 7 heteroatoms. The number of halogens is 2. The summed E-state index contributed by atoms with van der Waals surface area (Å²) in [6.45, 7) is 0. The standard InChI is InChI=1S/C18H14BrClN2OS2/c19-13-7-5-12(6-8-13)16-11-25-18(22-16)24-10-9-17(23)21-15-4-2-1-3-14(15)20/h1-8,11H,9-10H2,(H,21,23). The van der Waals surface area contributed by atoms with Crippen LogP contribution in [-0.2, 0) is 4.79 Å². The number of nitrogens with zero attached hydrogens (tertiary/aromatic N) is 1. The molecule has 0 fully saturated rings. The van der Waals surface area contributed by atoms with Crippen molar-refractivity contribution in [2.75, 3.05) is 11.1 Å². The summed E-state index contributed by atoms with van der Waals surface area (Å²) in [7, 11) is 0. The van der Waals surface area contributed by atoms with Gasteiger partial charge in [-0.1, -0.05) is 63.6 Å². The van der Waals surface area contributed by atoms with Gasteiger partial charge in [-0.15, -0.1) is 11.3 Å². The van der Waals surface area contributed by atoms with Crippen LogP contribution in [0.3, 0.4) is 0 Å². The molecule has 0 aliphatic heterocycles. The highest BCUT2D eigenvalue weighted by atomic mass is 79.9. The molecule has 128 valence electrons. The Morgan fingerprint density at radius 2 is 1.96 bits per heavy atom. The minimum absolute atomic E-state index is 0.0507. The minimum Gasteiger partial charge on any atom is -0.325 e. The molecule has 0 atom stereocenters. The van der Waals surface area contributed by atoms with Gasteiger partial charge >= 0.3 is 0 Å². The zero-order valence-corrected chi connectivity index (χ0v) is 17.0. The lowest BCUT2D eigenvalue weighted by Crippen LogP contribution is -2.12. The van der Waals surface area contributed by atoms with Gasteiger partial charge in [-0.05, 0) is 24.3 Å². The maximum atomic E-state index is 12.0. The van der Waals surface area contributed by atoms with Gasteiger partial charge in [0.25, 0.3) is 0 Å². The molecule has 1 aromatic heterocycles. The molecule has 0 radical (unpaired) electrons. The third-order valence-electron chi connectivity index (χ3n) is 3.33. The fourth-order valence-electron chi connectivity index (χ4n) is 2.08. The van der Waals surface area contributed by atoms with E-state index in [4.69, 9.17) is 11.6 Å². The Morgan fingerprint density at radius 1 is 1.20 bits per heavy atom. The van der Waals surface area contributed by atoms with E-state index in [1.54, 1.807) is 35.2 Å². The Bertz CT molecular complexity index is 868. The van der Waals surface area contributed by atoms with Crippen LogP contribution in [0, 0.1) is 0 Å². The summed E-state index contributed by atoms with van der Waals surface area (Å²) in [5.74, 6) is 0.620. The Hall–Kier alpha value is -1.34. The first-order chi connectivity index (χ1) is 12.1. The molecule has 2 aromatic carbocycles. The van der Waals surface area contributed by atoms with Crippen molar-refractivity contribution in [3.8, 4) is 11.3 Å². The third-order valence-corrected chi connectivity index (χ3v) is 6.21. The highest BCUT2D eigenvalue weighted by Gasteiger charge is 2.08. The molecule has 1 amide bonds. The van der Waals surface area contributed by atoms with Crippen LogP contribution in [0.15, 0.2) is 62.7 Å². The molecule has 3 aromatic rings. The molecule has 3 nitrogen and oxygen atoms in total. The van der Waals surface area contributed by atoms with Crippen molar-refractivity contribution in [3.63, 3.8) is 0 Å². The minimum atomic E-state index is -0.0507. The van der Waals surface area contributed by atoms with Gasteiger partial charge in [0.05, 0.1) is 16.4 Å². The summed E-state index contributed by atoms with van der Waals surface area (Å²) in [4.78, 5) is 16.6. The van der Waals surface area contributed by atoms with E-state index in [0.29, 0.717) is 22.9 Å². The largest absolute Gasteiger partial charge is 0.325 e. The van der Waals surface area contributed by atoms with Crippen molar-refractivity contribution >= 4 is 62.2 Å². The zero-order valence-electron chi connectivity index (χ0n) is 13.0. The number of rotatable bonds is 6. The average Bonchev–Trinajstić information content (AvgIpc) is 3.06. The Labute approximate surface area is 168 Å². The molecule has 0 spiro atoms. The number of para-hydroxylation sites is 1. The number of carbonyl (C=O) groups is 1. The molecule has 0 saturated carbocycles. The van der Waals surface area contributed by atoms with Crippen LogP contribution in [0.25, 0.3) is 11.3 Å². The fraction of sp³-hybridized carbons (Fsp3) is 0.111. The van der Waals surface area contributed by atoms with Crippen molar-refractivity contribution in [1.82, 2.24) is 4.98 Å².